The normalized spacial score (nSPS) is 19.5. The first kappa shape index (κ1) is 10.9. The van der Waals surface area contributed by atoms with Gasteiger partial charge in [-0.1, -0.05) is 28.8 Å². The van der Waals surface area contributed by atoms with Crippen molar-refractivity contribution >= 4 is 11.5 Å². The predicted octanol–water partition coefficient (Wildman–Crippen LogP) is 2.61. The first-order valence-electron chi connectivity index (χ1n) is 5.80. The van der Waals surface area contributed by atoms with E-state index in [1.807, 2.05) is 6.92 Å². The van der Waals surface area contributed by atoms with Gasteiger partial charge in [0.05, 0.1) is 16.7 Å². The van der Waals surface area contributed by atoms with E-state index >= 15 is 0 Å². The smallest absolute Gasteiger partial charge is 0.0922 e. The number of aromatic nitrogens is 2. The second kappa shape index (κ2) is 4.20. The van der Waals surface area contributed by atoms with Crippen molar-refractivity contribution in [3.8, 4) is 0 Å². The van der Waals surface area contributed by atoms with Gasteiger partial charge in [-0.3, -0.25) is 0 Å². The zero-order valence-electron chi connectivity index (χ0n) is 9.63. The molecule has 3 nitrogen and oxygen atoms in total. The SMILES string of the molecule is Cc1nnsc1C(O)CC1Cc2ccccc21. The molecule has 0 bridgehead atoms. The maximum Gasteiger partial charge on any atom is 0.0922 e. The number of rotatable bonds is 3. The minimum absolute atomic E-state index is 0.423. The van der Waals surface area contributed by atoms with Gasteiger partial charge in [0, 0.05) is 0 Å². The fourth-order valence-electron chi connectivity index (χ4n) is 2.49. The maximum absolute atomic E-state index is 10.2. The Morgan fingerprint density at radius 1 is 1.47 bits per heavy atom. The predicted molar refractivity (Wildman–Crippen MR) is 67.1 cm³/mol. The van der Waals surface area contributed by atoms with E-state index in [0.717, 1.165) is 23.4 Å². The number of aliphatic hydroxyl groups excluding tert-OH is 1. The Balaban J connectivity index is 1.72. The first-order valence-corrected chi connectivity index (χ1v) is 6.57. The van der Waals surface area contributed by atoms with Crippen molar-refractivity contribution < 1.29 is 5.11 Å². The highest BCUT2D eigenvalue weighted by Gasteiger charge is 2.29. The highest BCUT2D eigenvalue weighted by Crippen LogP contribution is 2.41. The van der Waals surface area contributed by atoms with Crippen molar-refractivity contribution in [3.05, 3.63) is 46.0 Å². The fourth-order valence-corrected chi connectivity index (χ4v) is 3.13. The molecule has 4 heteroatoms. The topological polar surface area (TPSA) is 46.0 Å². The molecule has 1 aliphatic carbocycles. The monoisotopic (exact) mass is 246 g/mol. The number of nitrogens with zero attached hydrogens (tertiary/aromatic N) is 2. The molecule has 1 aromatic heterocycles. The van der Waals surface area contributed by atoms with Crippen LogP contribution in [-0.2, 0) is 6.42 Å². The minimum Gasteiger partial charge on any atom is -0.387 e. The van der Waals surface area contributed by atoms with Crippen LogP contribution in [0.2, 0.25) is 0 Å². The summed E-state index contributed by atoms with van der Waals surface area (Å²) in [6.07, 6.45) is 1.44. The molecule has 2 unspecified atom stereocenters. The molecule has 0 amide bonds. The van der Waals surface area contributed by atoms with Crippen molar-refractivity contribution in [1.29, 1.82) is 0 Å². The molecule has 2 aromatic rings. The average Bonchev–Trinajstić information content (AvgIpc) is 2.72. The van der Waals surface area contributed by atoms with Crippen molar-refractivity contribution in [2.24, 2.45) is 0 Å². The summed E-state index contributed by atoms with van der Waals surface area (Å²) in [5.74, 6) is 0.489. The molecule has 0 saturated heterocycles. The first-order chi connectivity index (χ1) is 8.25. The summed E-state index contributed by atoms with van der Waals surface area (Å²) in [4.78, 5) is 0.911. The molecule has 1 aromatic carbocycles. The summed E-state index contributed by atoms with van der Waals surface area (Å²) in [5.41, 5.74) is 3.67. The Morgan fingerprint density at radius 2 is 2.29 bits per heavy atom. The van der Waals surface area contributed by atoms with Gasteiger partial charge in [0.2, 0.25) is 0 Å². The zero-order valence-corrected chi connectivity index (χ0v) is 10.4. The third-order valence-corrected chi connectivity index (χ3v) is 4.39. The van der Waals surface area contributed by atoms with Crippen LogP contribution in [0, 0.1) is 6.92 Å². The molecule has 1 aliphatic rings. The van der Waals surface area contributed by atoms with E-state index in [2.05, 4.69) is 33.9 Å². The van der Waals surface area contributed by atoms with Crippen LogP contribution in [0.15, 0.2) is 24.3 Å². The van der Waals surface area contributed by atoms with Crippen LogP contribution in [0.25, 0.3) is 0 Å². The van der Waals surface area contributed by atoms with Gasteiger partial charge in [-0.15, -0.1) is 5.10 Å². The number of aryl methyl sites for hydroxylation is 1. The highest BCUT2D eigenvalue weighted by molar-refractivity contribution is 7.05. The molecule has 0 fully saturated rings. The third kappa shape index (κ3) is 1.87. The van der Waals surface area contributed by atoms with Crippen molar-refractivity contribution in [3.63, 3.8) is 0 Å². The van der Waals surface area contributed by atoms with Crippen LogP contribution in [0.5, 0.6) is 0 Å². The van der Waals surface area contributed by atoms with E-state index in [-0.39, 0.29) is 0 Å². The quantitative estimate of drug-likeness (QED) is 0.905. The van der Waals surface area contributed by atoms with Crippen LogP contribution < -0.4 is 0 Å². The Kier molecular flexibility index (Phi) is 2.68. The van der Waals surface area contributed by atoms with Gasteiger partial charge in [0.25, 0.3) is 0 Å². The molecule has 3 rings (SSSR count). The summed E-state index contributed by atoms with van der Waals surface area (Å²) in [5, 5.41) is 14.1. The molecule has 0 spiro atoms. The van der Waals surface area contributed by atoms with Gasteiger partial charge < -0.3 is 5.11 Å². The third-order valence-electron chi connectivity index (χ3n) is 3.46. The lowest BCUT2D eigenvalue weighted by atomic mass is 9.74. The van der Waals surface area contributed by atoms with Gasteiger partial charge in [-0.25, -0.2) is 0 Å². The second-order valence-corrected chi connectivity index (χ2v) is 5.36. The van der Waals surface area contributed by atoms with Gasteiger partial charge >= 0.3 is 0 Å². The zero-order chi connectivity index (χ0) is 11.8. The van der Waals surface area contributed by atoms with Gasteiger partial charge in [0.1, 0.15) is 0 Å². The van der Waals surface area contributed by atoms with Crippen LogP contribution in [-0.4, -0.2) is 14.7 Å². The molecular weight excluding hydrogens is 232 g/mol. The Bertz CT molecular complexity index is 538. The number of fused-ring (bicyclic) bond motifs is 1. The number of aliphatic hydroxyl groups is 1. The Labute approximate surface area is 104 Å². The summed E-state index contributed by atoms with van der Waals surface area (Å²) in [6.45, 7) is 1.90. The van der Waals surface area contributed by atoms with E-state index in [0.29, 0.717) is 5.92 Å². The van der Waals surface area contributed by atoms with E-state index in [4.69, 9.17) is 0 Å². The van der Waals surface area contributed by atoms with Crippen LogP contribution in [0.4, 0.5) is 0 Å². The summed E-state index contributed by atoms with van der Waals surface area (Å²) < 4.78 is 3.87. The Morgan fingerprint density at radius 3 is 3.00 bits per heavy atom. The summed E-state index contributed by atoms with van der Waals surface area (Å²) >= 11 is 1.30. The fraction of sp³-hybridized carbons (Fsp3) is 0.385. The van der Waals surface area contributed by atoms with Crippen molar-refractivity contribution in [2.75, 3.05) is 0 Å². The van der Waals surface area contributed by atoms with Crippen molar-refractivity contribution in [1.82, 2.24) is 9.59 Å². The summed E-state index contributed by atoms with van der Waals surface area (Å²) in [7, 11) is 0. The molecule has 2 atom stereocenters. The van der Waals surface area contributed by atoms with Gasteiger partial charge in [-0.2, -0.15) is 0 Å². The second-order valence-electron chi connectivity index (χ2n) is 4.57. The standard InChI is InChI=1S/C13H14N2OS/c1-8-13(17-15-14-8)12(16)7-10-6-9-4-2-3-5-11(9)10/h2-5,10,12,16H,6-7H2,1H3. The molecule has 1 heterocycles. The van der Waals surface area contributed by atoms with E-state index in [1.54, 1.807) is 0 Å². The van der Waals surface area contributed by atoms with Gasteiger partial charge in [-0.05, 0) is 48.3 Å². The van der Waals surface area contributed by atoms with Crippen LogP contribution >= 0.6 is 11.5 Å². The van der Waals surface area contributed by atoms with E-state index in [1.165, 1.54) is 22.7 Å². The molecule has 0 radical (unpaired) electrons. The molecule has 0 aliphatic heterocycles. The van der Waals surface area contributed by atoms with Crippen molar-refractivity contribution in [2.45, 2.75) is 31.8 Å². The highest BCUT2D eigenvalue weighted by atomic mass is 32.1. The maximum atomic E-state index is 10.2. The average molecular weight is 246 g/mol. The lowest BCUT2D eigenvalue weighted by Gasteiger charge is -2.31. The lowest BCUT2D eigenvalue weighted by Crippen LogP contribution is -2.19. The van der Waals surface area contributed by atoms with Crippen LogP contribution in [0.3, 0.4) is 0 Å². The largest absolute Gasteiger partial charge is 0.387 e. The Hall–Kier alpha value is -1.26. The molecule has 0 saturated carbocycles. The summed E-state index contributed by atoms with van der Waals surface area (Å²) in [6, 6.07) is 8.46. The number of benzene rings is 1. The van der Waals surface area contributed by atoms with Gasteiger partial charge in [0.15, 0.2) is 0 Å². The molecule has 17 heavy (non-hydrogen) atoms. The molecular formula is C13H14N2OS. The lowest BCUT2D eigenvalue weighted by molar-refractivity contribution is 0.156. The number of hydrogen-bond donors (Lipinski definition) is 1. The van der Waals surface area contributed by atoms with Crippen LogP contribution in [0.1, 0.15) is 40.1 Å². The molecule has 88 valence electrons. The number of hydrogen-bond acceptors (Lipinski definition) is 4. The van der Waals surface area contributed by atoms with E-state index < -0.39 is 6.10 Å². The minimum atomic E-state index is -0.423. The molecule has 1 N–H and O–H groups in total. The van der Waals surface area contributed by atoms with E-state index in [9.17, 15) is 5.11 Å².